The number of rotatable bonds is 0. The Morgan fingerprint density at radius 1 is 1.12 bits per heavy atom. The minimum Gasteiger partial charge on any atom is -0.412 e. The van der Waals surface area contributed by atoms with Crippen LogP contribution in [-0.2, 0) is 21.6 Å². The van der Waals surface area contributed by atoms with E-state index in [9.17, 15) is 0 Å². The summed E-state index contributed by atoms with van der Waals surface area (Å²) >= 11 is 0. The molecule has 0 saturated heterocycles. The molecule has 0 aliphatic heterocycles. The van der Waals surface area contributed by atoms with Crippen molar-refractivity contribution in [1.29, 1.82) is 0 Å². The molecule has 0 rings (SSSR count). The van der Waals surface area contributed by atoms with Crippen molar-refractivity contribution >= 4 is 25.2 Å². The third-order valence-corrected chi connectivity index (χ3v) is 0. The fourth-order valence-electron chi connectivity index (χ4n) is 0. The topological polar surface area (TPSA) is 109 Å². The fraction of sp³-hybridized carbons (Fsp3) is 0. The van der Waals surface area contributed by atoms with Gasteiger partial charge in [0.1, 0.15) is 0 Å². The zero-order valence-electron chi connectivity index (χ0n) is 3.05. The van der Waals surface area contributed by atoms with E-state index in [2.05, 4.69) is 0 Å². The first kappa shape index (κ1) is 22.9. The van der Waals surface area contributed by atoms with Crippen molar-refractivity contribution in [2.24, 2.45) is 0 Å². The molecule has 0 spiro atoms. The molecule has 0 aromatic carbocycles. The number of hydrogen-bond donors (Lipinski definition) is 3. The van der Waals surface area contributed by atoms with Crippen molar-refractivity contribution in [2.75, 3.05) is 0 Å². The maximum atomic E-state index is 8.88. The van der Waals surface area contributed by atoms with Gasteiger partial charge in [0.15, 0.2) is 17.4 Å². The third kappa shape index (κ3) is 212. The predicted molar refractivity (Wildman–Crippen MR) is 27.8 cm³/mol. The van der Waals surface area contributed by atoms with E-state index >= 15 is 0 Å². The normalized spacial score (nSPS) is 7.38. The van der Waals surface area contributed by atoms with Gasteiger partial charge in [-0.1, -0.05) is 0 Å². The van der Waals surface area contributed by atoms with Crippen molar-refractivity contribution in [1.82, 2.24) is 0 Å². The zero-order valence-corrected chi connectivity index (χ0v) is 5.05. The summed E-state index contributed by atoms with van der Waals surface area (Å²) in [6.45, 7) is 0. The van der Waals surface area contributed by atoms with Crippen LogP contribution in [0.4, 0.5) is 0 Å². The molecule has 0 atom stereocenters. The van der Waals surface area contributed by atoms with E-state index in [-0.39, 0.29) is 39.9 Å². The van der Waals surface area contributed by atoms with Crippen LogP contribution in [0.2, 0.25) is 0 Å². The van der Waals surface area contributed by atoms with Gasteiger partial charge in [-0.2, -0.15) is 0 Å². The molecule has 8 heteroatoms. The van der Waals surface area contributed by atoms with Crippen LogP contribution in [0.1, 0.15) is 0 Å². The SMILES string of the molecule is O.O=P(O)(O)O.[AlH3].[Fe]. The van der Waals surface area contributed by atoms with Crippen molar-refractivity contribution in [3.05, 3.63) is 0 Å². The van der Waals surface area contributed by atoms with Gasteiger partial charge in [0.05, 0.1) is 0 Å². The molecule has 0 amide bonds. The Balaban J connectivity index is -0.0000000267. The fourth-order valence-corrected chi connectivity index (χ4v) is 0. The average molecular weight is 202 g/mol. The van der Waals surface area contributed by atoms with Crippen LogP contribution < -0.4 is 0 Å². The first-order chi connectivity index (χ1) is 2.00. The first-order valence-electron chi connectivity index (χ1n) is 0.783. The van der Waals surface area contributed by atoms with E-state index in [0.717, 1.165) is 0 Å². The maximum Gasteiger partial charge on any atom is 0.466 e. The molecule has 0 aliphatic rings. The minimum absolute atomic E-state index is 0. The quantitative estimate of drug-likeness (QED) is 0.288. The largest absolute Gasteiger partial charge is 0.466 e. The molecule has 0 unspecified atom stereocenters. The summed E-state index contributed by atoms with van der Waals surface area (Å²) in [5.41, 5.74) is 0. The molecular formula is H8AlFeO5P. The molecule has 0 bridgehead atoms. The molecule has 8 heavy (non-hydrogen) atoms. The van der Waals surface area contributed by atoms with Gasteiger partial charge in [-0.3, -0.25) is 0 Å². The summed E-state index contributed by atoms with van der Waals surface area (Å²) in [6.07, 6.45) is 0. The van der Waals surface area contributed by atoms with E-state index in [1.807, 2.05) is 0 Å². The Hall–Kier alpha value is 1.12. The van der Waals surface area contributed by atoms with Crippen LogP contribution in [0, 0.1) is 0 Å². The van der Waals surface area contributed by atoms with Crippen LogP contribution in [-0.4, -0.2) is 37.5 Å². The Morgan fingerprint density at radius 2 is 1.12 bits per heavy atom. The Bertz CT molecular complexity index is 58.6. The maximum absolute atomic E-state index is 8.88. The number of phosphoric acid groups is 1. The Morgan fingerprint density at radius 3 is 1.12 bits per heavy atom. The second-order valence-electron chi connectivity index (χ2n) is 0.513. The van der Waals surface area contributed by atoms with Gasteiger partial charge in [0, 0.05) is 17.1 Å². The first-order valence-corrected chi connectivity index (χ1v) is 2.35. The molecule has 0 fully saturated rings. The van der Waals surface area contributed by atoms with E-state index in [0.29, 0.717) is 0 Å². The average Bonchev–Trinajstić information content (AvgIpc) is 0.722. The second-order valence-corrected chi connectivity index (χ2v) is 1.54. The molecule has 0 radical (unpaired) electrons. The van der Waals surface area contributed by atoms with Crippen molar-refractivity contribution in [3.8, 4) is 0 Å². The van der Waals surface area contributed by atoms with Crippen LogP contribution >= 0.6 is 7.82 Å². The summed E-state index contributed by atoms with van der Waals surface area (Å²) in [5, 5.41) is 0. The summed E-state index contributed by atoms with van der Waals surface area (Å²) in [5.74, 6) is 0. The Labute approximate surface area is 67.3 Å². The molecule has 0 heterocycles. The standard InChI is InChI=1S/Al.Fe.H3O4P.H2O.3H/c;;1-5(2,3)4;;;;/h;;(H3,1,2,3,4);1H2;;;. The minimum atomic E-state index is -4.64. The third-order valence-electron chi connectivity index (χ3n) is 0. The van der Waals surface area contributed by atoms with Crippen LogP contribution in [0.5, 0.6) is 0 Å². The molecule has 5 N–H and O–H groups in total. The molecule has 0 aromatic heterocycles. The summed E-state index contributed by atoms with van der Waals surface area (Å²) in [4.78, 5) is 21.6. The van der Waals surface area contributed by atoms with Gasteiger partial charge in [0.2, 0.25) is 0 Å². The van der Waals surface area contributed by atoms with Crippen molar-refractivity contribution < 1.29 is 41.8 Å². The van der Waals surface area contributed by atoms with Gasteiger partial charge in [-0.15, -0.1) is 0 Å². The van der Waals surface area contributed by atoms with Gasteiger partial charge >= 0.3 is 7.82 Å². The van der Waals surface area contributed by atoms with Crippen LogP contribution in [0.25, 0.3) is 0 Å². The van der Waals surface area contributed by atoms with Crippen molar-refractivity contribution in [2.45, 2.75) is 0 Å². The molecule has 5 nitrogen and oxygen atoms in total. The zero-order chi connectivity index (χ0) is 4.50. The molecule has 0 aliphatic carbocycles. The monoisotopic (exact) mass is 202 g/mol. The van der Waals surface area contributed by atoms with Gasteiger partial charge in [-0.25, -0.2) is 4.57 Å². The van der Waals surface area contributed by atoms with E-state index in [4.69, 9.17) is 19.2 Å². The summed E-state index contributed by atoms with van der Waals surface area (Å²) < 4.78 is 8.88. The smallest absolute Gasteiger partial charge is 0.412 e. The molecular weight excluding hydrogens is 194 g/mol. The van der Waals surface area contributed by atoms with E-state index in [1.54, 1.807) is 0 Å². The second kappa shape index (κ2) is 8.12. The summed E-state index contributed by atoms with van der Waals surface area (Å²) in [6, 6.07) is 0. The van der Waals surface area contributed by atoms with Crippen molar-refractivity contribution in [3.63, 3.8) is 0 Å². The van der Waals surface area contributed by atoms with Gasteiger partial charge in [0.25, 0.3) is 0 Å². The van der Waals surface area contributed by atoms with Crippen LogP contribution in [0.3, 0.4) is 0 Å². The van der Waals surface area contributed by atoms with Gasteiger partial charge < -0.3 is 20.2 Å². The number of hydrogen-bond acceptors (Lipinski definition) is 1. The van der Waals surface area contributed by atoms with Crippen LogP contribution in [0.15, 0.2) is 0 Å². The molecule has 0 saturated carbocycles. The molecule has 54 valence electrons. The van der Waals surface area contributed by atoms with E-state index < -0.39 is 7.82 Å². The summed E-state index contributed by atoms with van der Waals surface area (Å²) in [7, 11) is -4.64. The van der Waals surface area contributed by atoms with Gasteiger partial charge in [-0.05, 0) is 0 Å². The molecule has 0 aromatic rings. The predicted octanol–water partition coefficient (Wildman–Crippen LogP) is -2.94. The van der Waals surface area contributed by atoms with E-state index in [1.165, 1.54) is 0 Å². The Kier molecular flexibility index (Phi) is 23.3.